The van der Waals surface area contributed by atoms with Crippen LogP contribution in [0.1, 0.15) is 30.8 Å². The summed E-state index contributed by atoms with van der Waals surface area (Å²) >= 11 is 1.78. The molecule has 26 heavy (non-hydrogen) atoms. The SMILES string of the molecule is CCCc1cc2c(N)nc(N(CC)CCN)nc2cn1.Cc1cccs1. The van der Waals surface area contributed by atoms with Crippen LogP contribution in [0.15, 0.2) is 29.8 Å². The predicted octanol–water partition coefficient (Wildman–Crippen LogP) is 3.40. The molecule has 0 bridgehead atoms. The van der Waals surface area contributed by atoms with Crippen LogP contribution in [0.25, 0.3) is 10.9 Å². The van der Waals surface area contributed by atoms with Gasteiger partial charge in [0.15, 0.2) is 0 Å². The van der Waals surface area contributed by atoms with Crippen molar-refractivity contribution in [3.8, 4) is 0 Å². The Morgan fingerprint density at radius 2 is 2.04 bits per heavy atom. The minimum atomic E-state index is 0.500. The van der Waals surface area contributed by atoms with E-state index in [4.69, 9.17) is 11.5 Å². The molecule has 0 saturated carbocycles. The minimum absolute atomic E-state index is 0.500. The molecular weight excluding hydrogens is 344 g/mol. The normalized spacial score (nSPS) is 10.5. The largest absolute Gasteiger partial charge is 0.383 e. The van der Waals surface area contributed by atoms with Crippen molar-refractivity contribution in [2.24, 2.45) is 5.73 Å². The molecule has 0 aromatic carbocycles. The third kappa shape index (κ3) is 5.37. The molecule has 0 aliphatic carbocycles. The van der Waals surface area contributed by atoms with Crippen LogP contribution in [0, 0.1) is 6.92 Å². The number of likely N-dealkylation sites (N-methyl/N-ethyl adjacent to an activating group) is 1. The highest BCUT2D eigenvalue weighted by Crippen LogP contribution is 2.21. The predicted molar refractivity (Wildman–Crippen MR) is 112 cm³/mol. The van der Waals surface area contributed by atoms with Gasteiger partial charge >= 0.3 is 0 Å². The fourth-order valence-corrected chi connectivity index (χ4v) is 3.07. The first-order chi connectivity index (χ1) is 12.6. The van der Waals surface area contributed by atoms with E-state index in [1.807, 2.05) is 17.9 Å². The van der Waals surface area contributed by atoms with Gasteiger partial charge in [0.1, 0.15) is 5.82 Å². The van der Waals surface area contributed by atoms with Crippen molar-refractivity contribution in [2.45, 2.75) is 33.6 Å². The molecule has 0 aliphatic rings. The van der Waals surface area contributed by atoms with Gasteiger partial charge in [-0.1, -0.05) is 19.4 Å². The molecule has 7 heteroatoms. The van der Waals surface area contributed by atoms with Crippen LogP contribution in [-0.2, 0) is 6.42 Å². The molecule has 3 aromatic heterocycles. The highest BCUT2D eigenvalue weighted by molar-refractivity contribution is 7.09. The molecule has 3 rings (SSSR count). The van der Waals surface area contributed by atoms with Gasteiger partial charge in [0.2, 0.25) is 5.95 Å². The Morgan fingerprint density at radius 1 is 1.23 bits per heavy atom. The number of nitrogen functional groups attached to an aromatic ring is 1. The molecule has 0 amide bonds. The highest BCUT2D eigenvalue weighted by Gasteiger charge is 2.11. The van der Waals surface area contributed by atoms with Crippen LogP contribution in [-0.4, -0.2) is 34.6 Å². The van der Waals surface area contributed by atoms with Gasteiger partial charge in [0.05, 0.1) is 11.7 Å². The summed E-state index contributed by atoms with van der Waals surface area (Å²) in [5, 5.41) is 2.95. The number of nitrogens with two attached hydrogens (primary N) is 2. The number of rotatable bonds is 6. The molecular formula is C19H28N6S. The van der Waals surface area contributed by atoms with Gasteiger partial charge in [0.25, 0.3) is 0 Å². The van der Waals surface area contributed by atoms with Crippen molar-refractivity contribution < 1.29 is 0 Å². The van der Waals surface area contributed by atoms with Crippen LogP contribution < -0.4 is 16.4 Å². The van der Waals surface area contributed by atoms with Crippen molar-refractivity contribution >= 4 is 34.0 Å². The first-order valence-electron chi connectivity index (χ1n) is 8.96. The third-order valence-corrected chi connectivity index (χ3v) is 4.69. The molecule has 0 fully saturated rings. The maximum Gasteiger partial charge on any atom is 0.227 e. The molecule has 0 atom stereocenters. The van der Waals surface area contributed by atoms with Crippen LogP contribution in [0.2, 0.25) is 0 Å². The zero-order valence-electron chi connectivity index (χ0n) is 15.8. The van der Waals surface area contributed by atoms with Crippen molar-refractivity contribution in [3.05, 3.63) is 40.3 Å². The maximum atomic E-state index is 6.07. The number of anilines is 2. The highest BCUT2D eigenvalue weighted by atomic mass is 32.1. The molecule has 140 valence electrons. The van der Waals surface area contributed by atoms with E-state index in [1.54, 1.807) is 17.5 Å². The van der Waals surface area contributed by atoms with Crippen molar-refractivity contribution in [2.75, 3.05) is 30.3 Å². The van der Waals surface area contributed by atoms with Gasteiger partial charge in [-0.15, -0.1) is 11.3 Å². The van der Waals surface area contributed by atoms with E-state index in [2.05, 4.69) is 46.3 Å². The summed E-state index contributed by atoms with van der Waals surface area (Å²) in [6.45, 7) is 8.34. The summed E-state index contributed by atoms with van der Waals surface area (Å²) in [6, 6.07) is 6.14. The van der Waals surface area contributed by atoms with E-state index >= 15 is 0 Å². The summed E-state index contributed by atoms with van der Waals surface area (Å²) in [4.78, 5) is 16.8. The topological polar surface area (TPSA) is 94.0 Å². The Labute approximate surface area is 159 Å². The van der Waals surface area contributed by atoms with E-state index in [-0.39, 0.29) is 0 Å². The molecule has 6 nitrogen and oxygen atoms in total. The van der Waals surface area contributed by atoms with E-state index in [0.717, 1.165) is 36.0 Å². The summed E-state index contributed by atoms with van der Waals surface area (Å²) in [5.74, 6) is 1.12. The van der Waals surface area contributed by atoms with Crippen molar-refractivity contribution in [1.29, 1.82) is 0 Å². The van der Waals surface area contributed by atoms with Crippen LogP contribution in [0.3, 0.4) is 0 Å². The Balaban J connectivity index is 0.000000342. The van der Waals surface area contributed by atoms with Gasteiger partial charge < -0.3 is 16.4 Å². The number of fused-ring (bicyclic) bond motifs is 1. The average Bonchev–Trinajstić information content (AvgIpc) is 3.12. The molecule has 0 aliphatic heterocycles. The van der Waals surface area contributed by atoms with Crippen molar-refractivity contribution in [1.82, 2.24) is 15.0 Å². The fraction of sp³-hybridized carbons (Fsp3) is 0.421. The second kappa shape index (κ2) is 10.0. The van der Waals surface area contributed by atoms with E-state index < -0.39 is 0 Å². The second-order valence-electron chi connectivity index (χ2n) is 5.94. The number of pyridine rings is 1. The molecule has 0 radical (unpaired) electrons. The third-order valence-electron chi connectivity index (χ3n) is 3.89. The fourth-order valence-electron chi connectivity index (χ4n) is 2.54. The number of hydrogen-bond donors (Lipinski definition) is 2. The van der Waals surface area contributed by atoms with Crippen molar-refractivity contribution in [3.63, 3.8) is 0 Å². The van der Waals surface area contributed by atoms with E-state index in [0.29, 0.717) is 24.9 Å². The molecule has 3 aromatic rings. The lowest BCUT2D eigenvalue weighted by atomic mass is 10.2. The molecule has 0 saturated heterocycles. The quantitative estimate of drug-likeness (QED) is 0.689. The summed E-state index contributed by atoms with van der Waals surface area (Å²) in [6.07, 6.45) is 3.76. The minimum Gasteiger partial charge on any atom is -0.383 e. The summed E-state index contributed by atoms with van der Waals surface area (Å²) in [5.41, 5.74) is 13.5. The first kappa shape index (κ1) is 20.1. The summed E-state index contributed by atoms with van der Waals surface area (Å²) < 4.78 is 0. The Kier molecular flexibility index (Phi) is 7.74. The zero-order chi connectivity index (χ0) is 18.9. The summed E-state index contributed by atoms with van der Waals surface area (Å²) in [7, 11) is 0. The smallest absolute Gasteiger partial charge is 0.227 e. The van der Waals surface area contributed by atoms with Crippen LogP contribution in [0.4, 0.5) is 11.8 Å². The van der Waals surface area contributed by atoms with Gasteiger partial charge in [-0.2, -0.15) is 4.98 Å². The Morgan fingerprint density at radius 3 is 2.58 bits per heavy atom. The lowest BCUT2D eigenvalue weighted by Gasteiger charge is -2.20. The Bertz CT molecular complexity index is 803. The standard InChI is InChI=1S/C14H22N6.C5H6S/c1-3-5-10-8-11-12(9-17-10)18-14(19-13(11)16)20(4-2)7-6-15;1-5-3-2-4-6-5/h8-9H,3-7,15H2,1-2H3,(H2,16,18,19);2-4H,1H3. The molecule has 0 spiro atoms. The number of aryl methyl sites for hydroxylation is 2. The lowest BCUT2D eigenvalue weighted by Crippen LogP contribution is -2.30. The van der Waals surface area contributed by atoms with Gasteiger partial charge in [-0.25, -0.2) is 4.98 Å². The molecule has 4 N–H and O–H groups in total. The van der Waals surface area contributed by atoms with E-state index in [1.165, 1.54) is 4.88 Å². The first-order valence-corrected chi connectivity index (χ1v) is 9.84. The van der Waals surface area contributed by atoms with Gasteiger partial charge in [-0.05, 0) is 37.8 Å². The lowest BCUT2D eigenvalue weighted by molar-refractivity contribution is 0.787. The monoisotopic (exact) mass is 372 g/mol. The van der Waals surface area contributed by atoms with Gasteiger partial charge in [0, 0.05) is 35.6 Å². The number of thiophene rings is 1. The average molecular weight is 373 g/mol. The second-order valence-corrected chi connectivity index (χ2v) is 7.10. The number of aromatic nitrogens is 3. The van der Waals surface area contributed by atoms with Crippen LogP contribution in [0.5, 0.6) is 0 Å². The molecule has 3 heterocycles. The van der Waals surface area contributed by atoms with Gasteiger partial charge in [-0.3, -0.25) is 4.98 Å². The number of hydrogen-bond acceptors (Lipinski definition) is 7. The maximum absolute atomic E-state index is 6.07. The Hall–Kier alpha value is -2.25. The van der Waals surface area contributed by atoms with E-state index in [9.17, 15) is 0 Å². The van der Waals surface area contributed by atoms with Crippen LogP contribution >= 0.6 is 11.3 Å². The zero-order valence-corrected chi connectivity index (χ0v) is 16.6. The molecule has 0 unspecified atom stereocenters. The number of nitrogens with zero attached hydrogens (tertiary/aromatic N) is 4.